The Labute approximate surface area is 79.5 Å². The Kier molecular flexibility index (Phi) is 7.37. The van der Waals surface area contributed by atoms with Crippen molar-refractivity contribution in [3.8, 4) is 0 Å². The molecular formula is C6H14OSn2. The second-order valence-electron chi connectivity index (χ2n) is 2.65. The zero-order valence-electron chi connectivity index (χ0n) is 6.56. The zero-order valence-corrected chi connectivity index (χ0v) is 12.3. The Hall–Kier alpha value is 1.56. The fourth-order valence-corrected chi connectivity index (χ4v) is 12.1. The van der Waals surface area contributed by atoms with Gasteiger partial charge in [-0.1, -0.05) is 0 Å². The van der Waals surface area contributed by atoms with Gasteiger partial charge in [0.2, 0.25) is 0 Å². The molecule has 9 heavy (non-hydrogen) atoms. The van der Waals surface area contributed by atoms with E-state index in [2.05, 4.69) is 27.7 Å². The molecule has 0 rings (SSSR count). The molecule has 0 amide bonds. The molecule has 0 aromatic heterocycles. The summed E-state index contributed by atoms with van der Waals surface area (Å²) >= 11 is -0.734. The Bertz CT molecular complexity index is 56.1. The van der Waals surface area contributed by atoms with Gasteiger partial charge in [0.25, 0.3) is 0 Å². The first-order chi connectivity index (χ1) is 4.13. The van der Waals surface area contributed by atoms with E-state index >= 15 is 0 Å². The Morgan fingerprint density at radius 1 is 0.889 bits per heavy atom. The zero-order chi connectivity index (χ0) is 7.28. The molecular weight excluding hydrogens is 325 g/mol. The molecule has 52 valence electrons. The molecule has 0 bridgehead atoms. The van der Waals surface area contributed by atoms with Gasteiger partial charge in [0.1, 0.15) is 0 Å². The van der Waals surface area contributed by atoms with Gasteiger partial charge in [-0.25, -0.2) is 0 Å². The molecule has 0 N–H and O–H groups in total. The maximum absolute atomic E-state index is 5.70. The average Bonchev–Trinajstić information content (AvgIpc) is 1.63. The molecule has 1 nitrogen and oxygen atoms in total. The monoisotopic (exact) mass is 342 g/mol. The van der Waals surface area contributed by atoms with Crippen molar-refractivity contribution in [2.24, 2.45) is 0 Å². The summed E-state index contributed by atoms with van der Waals surface area (Å²) in [5, 5.41) is 0. The van der Waals surface area contributed by atoms with E-state index in [4.69, 9.17) is 1.41 Å². The fraction of sp³-hybridized carbons (Fsp3) is 1.00. The number of rotatable bonds is 4. The average molecular weight is 340 g/mol. The van der Waals surface area contributed by atoms with Crippen molar-refractivity contribution in [3.05, 3.63) is 0 Å². The molecule has 0 fully saturated rings. The van der Waals surface area contributed by atoms with E-state index in [1.165, 1.54) is 0 Å². The van der Waals surface area contributed by atoms with Crippen molar-refractivity contribution in [3.63, 3.8) is 0 Å². The van der Waals surface area contributed by atoms with Crippen LogP contribution >= 0.6 is 0 Å². The van der Waals surface area contributed by atoms with Gasteiger partial charge in [0.15, 0.2) is 0 Å². The third-order valence-corrected chi connectivity index (χ3v) is 8.47. The van der Waals surface area contributed by atoms with Crippen LogP contribution in [0.1, 0.15) is 27.7 Å². The normalized spacial score (nSPS) is 11.3. The molecule has 0 atom stereocenters. The van der Waals surface area contributed by atoms with Crippen molar-refractivity contribution in [1.82, 2.24) is 0 Å². The molecule has 0 heterocycles. The predicted octanol–water partition coefficient (Wildman–Crippen LogP) is 1.90. The first-order valence-corrected chi connectivity index (χ1v) is 8.92. The van der Waals surface area contributed by atoms with E-state index in [0.717, 1.165) is 7.87 Å². The summed E-state index contributed by atoms with van der Waals surface area (Å²) in [6.45, 7) is 9.08. The molecule has 0 aromatic rings. The van der Waals surface area contributed by atoms with Crippen LogP contribution in [0.25, 0.3) is 0 Å². The van der Waals surface area contributed by atoms with Crippen LogP contribution in [-0.2, 0) is 1.41 Å². The Morgan fingerprint density at radius 2 is 1.22 bits per heavy atom. The molecule has 0 aliphatic carbocycles. The molecule has 0 unspecified atom stereocenters. The summed E-state index contributed by atoms with van der Waals surface area (Å²) < 4.78 is 7.46. The molecule has 4 radical (unpaired) electrons. The van der Waals surface area contributed by atoms with Crippen LogP contribution in [0.5, 0.6) is 0 Å². The van der Waals surface area contributed by atoms with Crippen LogP contribution in [0.15, 0.2) is 0 Å². The third kappa shape index (κ3) is 9.56. The van der Waals surface area contributed by atoms with Gasteiger partial charge >= 0.3 is 80.1 Å². The first kappa shape index (κ1) is 10.6. The molecule has 0 aromatic carbocycles. The quantitative estimate of drug-likeness (QED) is 0.711. The fourth-order valence-electron chi connectivity index (χ4n) is 0.270. The van der Waals surface area contributed by atoms with Gasteiger partial charge < -0.3 is 0 Å². The summed E-state index contributed by atoms with van der Waals surface area (Å²) in [7, 11) is 0. The summed E-state index contributed by atoms with van der Waals surface area (Å²) in [5.74, 6) is 0. The minimum atomic E-state index is -0.367. The van der Waals surface area contributed by atoms with E-state index in [1.54, 1.807) is 0 Å². The standard InChI is InChI=1S/2C3H7.O.2Sn/c2*1-3-2;;;/h2*3H,1-2H3;;;. The van der Waals surface area contributed by atoms with Gasteiger partial charge in [-0.2, -0.15) is 0 Å². The molecule has 0 saturated heterocycles. The van der Waals surface area contributed by atoms with E-state index in [1.807, 2.05) is 0 Å². The van der Waals surface area contributed by atoms with Crippen molar-refractivity contribution < 1.29 is 1.41 Å². The van der Waals surface area contributed by atoms with Gasteiger partial charge in [0.05, 0.1) is 0 Å². The topological polar surface area (TPSA) is 9.23 Å². The summed E-state index contributed by atoms with van der Waals surface area (Å²) in [4.78, 5) is 0. The minimum absolute atomic E-state index is 0.367. The van der Waals surface area contributed by atoms with E-state index in [9.17, 15) is 0 Å². The van der Waals surface area contributed by atoms with Crippen molar-refractivity contribution in [1.29, 1.82) is 0 Å². The number of hydrogen-bond acceptors (Lipinski definition) is 1. The van der Waals surface area contributed by atoms with Crippen LogP contribution < -0.4 is 0 Å². The molecule has 0 spiro atoms. The van der Waals surface area contributed by atoms with Crippen LogP contribution in [0.3, 0.4) is 0 Å². The maximum atomic E-state index is 5.70. The summed E-state index contributed by atoms with van der Waals surface area (Å²) in [5.41, 5.74) is 0. The van der Waals surface area contributed by atoms with Crippen molar-refractivity contribution >= 4 is 43.1 Å². The predicted molar refractivity (Wildman–Crippen MR) is 42.8 cm³/mol. The van der Waals surface area contributed by atoms with E-state index < -0.39 is 0 Å². The third-order valence-electron chi connectivity index (χ3n) is 0.589. The van der Waals surface area contributed by atoms with Crippen LogP contribution in [0.4, 0.5) is 0 Å². The van der Waals surface area contributed by atoms with Crippen molar-refractivity contribution in [2.75, 3.05) is 0 Å². The van der Waals surface area contributed by atoms with Crippen LogP contribution in [0, 0.1) is 0 Å². The van der Waals surface area contributed by atoms with Gasteiger partial charge in [0, 0.05) is 0 Å². The van der Waals surface area contributed by atoms with E-state index in [-0.39, 0.29) is 43.1 Å². The van der Waals surface area contributed by atoms with Gasteiger partial charge in [-0.3, -0.25) is 0 Å². The molecule has 3 heteroatoms. The second-order valence-corrected chi connectivity index (χ2v) is 15.1. The molecule has 0 aliphatic heterocycles. The van der Waals surface area contributed by atoms with Crippen LogP contribution in [0.2, 0.25) is 7.87 Å². The summed E-state index contributed by atoms with van der Waals surface area (Å²) in [6, 6.07) is 0. The van der Waals surface area contributed by atoms with Crippen molar-refractivity contribution in [2.45, 2.75) is 35.6 Å². The summed E-state index contributed by atoms with van der Waals surface area (Å²) in [6.07, 6.45) is 0. The van der Waals surface area contributed by atoms with Crippen LogP contribution in [-0.4, -0.2) is 43.1 Å². The molecule has 0 aliphatic rings. The first-order valence-electron chi connectivity index (χ1n) is 3.29. The Morgan fingerprint density at radius 3 is 1.44 bits per heavy atom. The molecule has 0 saturated carbocycles. The SMILES string of the molecule is C[CH](C)[Sn][O][Sn][CH](C)C. The van der Waals surface area contributed by atoms with Gasteiger partial charge in [-0.15, -0.1) is 0 Å². The second kappa shape index (κ2) is 6.28. The van der Waals surface area contributed by atoms with Gasteiger partial charge in [-0.05, 0) is 0 Å². The Balaban J connectivity index is 2.91. The number of hydrogen-bond donors (Lipinski definition) is 0. The van der Waals surface area contributed by atoms with E-state index in [0.29, 0.717) is 0 Å².